The smallest absolute Gasteiger partial charge is 0.267 e. The lowest BCUT2D eigenvalue weighted by Crippen LogP contribution is -2.31. The van der Waals surface area contributed by atoms with E-state index in [1.54, 1.807) is 48.5 Å². The molecule has 2 atom stereocenters. The van der Waals surface area contributed by atoms with Gasteiger partial charge in [0.05, 0.1) is 11.8 Å². The Labute approximate surface area is 196 Å². The van der Waals surface area contributed by atoms with Crippen molar-refractivity contribution >= 4 is 29.3 Å². The van der Waals surface area contributed by atoms with Crippen LogP contribution in [-0.2, 0) is 0 Å². The highest BCUT2D eigenvalue weighted by atomic mass is 35.5. The zero-order valence-electron chi connectivity index (χ0n) is 17.7. The number of rotatable bonds is 3. The van der Waals surface area contributed by atoms with Crippen molar-refractivity contribution < 1.29 is 13.6 Å². The Balaban J connectivity index is 1.58. The normalized spacial score (nSPS) is 21.1. The first-order valence-electron chi connectivity index (χ1n) is 10.9. The minimum atomic E-state index is -0.344. The molecule has 166 valence electrons. The number of benzene rings is 3. The molecular formula is C27H21ClF2N2O. The number of hydrogen-bond donors (Lipinski definition) is 0. The number of amides is 1. The molecule has 0 radical (unpaired) electrons. The Morgan fingerprint density at radius 1 is 1.00 bits per heavy atom. The molecule has 0 aromatic heterocycles. The number of carbonyl (C=O) groups excluding carboxylic acids is 1. The molecule has 3 aromatic carbocycles. The first kappa shape index (κ1) is 21.5. The second-order valence-corrected chi connectivity index (χ2v) is 8.80. The van der Waals surface area contributed by atoms with Crippen molar-refractivity contribution in [3.8, 4) is 0 Å². The molecule has 2 aliphatic rings. The molecule has 1 fully saturated rings. The summed E-state index contributed by atoms with van der Waals surface area (Å²) >= 11 is 6.13. The van der Waals surface area contributed by atoms with Gasteiger partial charge in [0, 0.05) is 16.5 Å². The zero-order valence-corrected chi connectivity index (χ0v) is 18.5. The second kappa shape index (κ2) is 8.91. The van der Waals surface area contributed by atoms with Crippen LogP contribution in [0, 0.1) is 17.6 Å². The van der Waals surface area contributed by atoms with E-state index in [-0.39, 0.29) is 29.5 Å². The minimum absolute atomic E-state index is 0.0148. The molecule has 1 aliphatic carbocycles. The fourth-order valence-corrected chi connectivity index (χ4v) is 4.87. The van der Waals surface area contributed by atoms with E-state index in [1.165, 1.54) is 29.3 Å². The van der Waals surface area contributed by atoms with Gasteiger partial charge in [-0.15, -0.1) is 0 Å². The van der Waals surface area contributed by atoms with E-state index in [0.29, 0.717) is 10.6 Å². The van der Waals surface area contributed by atoms with Crippen LogP contribution in [0.15, 0.2) is 83.5 Å². The number of hydrazone groups is 1. The van der Waals surface area contributed by atoms with E-state index in [9.17, 15) is 13.6 Å². The fourth-order valence-electron chi connectivity index (χ4n) is 4.68. The highest BCUT2D eigenvalue weighted by Crippen LogP contribution is 2.45. The van der Waals surface area contributed by atoms with Crippen molar-refractivity contribution in [1.82, 2.24) is 5.01 Å². The highest BCUT2D eigenvalue weighted by Gasteiger charge is 2.44. The van der Waals surface area contributed by atoms with Gasteiger partial charge in [0.1, 0.15) is 11.6 Å². The highest BCUT2D eigenvalue weighted by molar-refractivity contribution is 6.31. The lowest BCUT2D eigenvalue weighted by molar-refractivity contribution is 0.0681. The van der Waals surface area contributed by atoms with E-state index in [0.717, 1.165) is 41.7 Å². The molecule has 0 bridgehead atoms. The topological polar surface area (TPSA) is 32.7 Å². The van der Waals surface area contributed by atoms with Gasteiger partial charge in [-0.2, -0.15) is 5.10 Å². The van der Waals surface area contributed by atoms with E-state index >= 15 is 0 Å². The number of hydrogen-bond acceptors (Lipinski definition) is 2. The average Bonchev–Trinajstić information content (AvgIpc) is 3.21. The zero-order chi connectivity index (χ0) is 22.9. The van der Waals surface area contributed by atoms with Crippen molar-refractivity contribution in [3.63, 3.8) is 0 Å². The van der Waals surface area contributed by atoms with Crippen LogP contribution in [0.4, 0.5) is 8.78 Å². The Kier molecular flexibility index (Phi) is 5.81. The summed E-state index contributed by atoms with van der Waals surface area (Å²) in [6, 6.07) is 19.0. The van der Waals surface area contributed by atoms with Crippen LogP contribution in [0.1, 0.15) is 46.8 Å². The van der Waals surface area contributed by atoms with Gasteiger partial charge in [0.25, 0.3) is 5.91 Å². The van der Waals surface area contributed by atoms with Gasteiger partial charge in [-0.05, 0) is 84.5 Å². The number of fused-ring (bicyclic) bond motifs is 1. The van der Waals surface area contributed by atoms with Gasteiger partial charge >= 0.3 is 0 Å². The van der Waals surface area contributed by atoms with Gasteiger partial charge in [0.2, 0.25) is 0 Å². The summed E-state index contributed by atoms with van der Waals surface area (Å²) < 4.78 is 27.0. The van der Waals surface area contributed by atoms with Crippen molar-refractivity contribution in [3.05, 3.63) is 112 Å². The van der Waals surface area contributed by atoms with Gasteiger partial charge in [-0.3, -0.25) is 4.79 Å². The average molecular weight is 463 g/mol. The number of halogens is 3. The van der Waals surface area contributed by atoms with Gasteiger partial charge < -0.3 is 0 Å². The molecule has 1 heterocycles. The molecular weight excluding hydrogens is 442 g/mol. The maximum atomic E-state index is 13.6. The number of carbonyl (C=O) groups is 1. The van der Waals surface area contributed by atoms with Crippen LogP contribution in [-0.4, -0.2) is 16.6 Å². The van der Waals surface area contributed by atoms with Gasteiger partial charge in [-0.1, -0.05) is 41.9 Å². The SMILES string of the molecule is O=C(c1cccc(Cl)c1)N1N=C2/C(=C/c3ccc(F)cc3)CCC[C@H]2[C@H]1c1ccc(F)cc1. The van der Waals surface area contributed by atoms with E-state index in [4.69, 9.17) is 16.7 Å². The molecule has 0 N–H and O–H groups in total. The van der Waals surface area contributed by atoms with E-state index in [1.807, 2.05) is 6.08 Å². The van der Waals surface area contributed by atoms with Gasteiger partial charge in [-0.25, -0.2) is 13.8 Å². The maximum absolute atomic E-state index is 13.6. The first-order chi connectivity index (χ1) is 16.0. The quantitative estimate of drug-likeness (QED) is 0.410. The molecule has 1 aliphatic heterocycles. The van der Waals surface area contributed by atoms with Crippen molar-refractivity contribution in [2.24, 2.45) is 11.0 Å². The predicted molar refractivity (Wildman–Crippen MR) is 126 cm³/mol. The molecule has 1 amide bonds. The third-order valence-corrected chi connectivity index (χ3v) is 6.44. The van der Waals surface area contributed by atoms with Crippen LogP contribution >= 0.6 is 11.6 Å². The molecule has 33 heavy (non-hydrogen) atoms. The van der Waals surface area contributed by atoms with Crippen LogP contribution in [0.5, 0.6) is 0 Å². The summed E-state index contributed by atoms with van der Waals surface area (Å²) in [7, 11) is 0. The first-order valence-corrected chi connectivity index (χ1v) is 11.3. The minimum Gasteiger partial charge on any atom is -0.267 e. The predicted octanol–water partition coefficient (Wildman–Crippen LogP) is 7.06. The molecule has 0 saturated heterocycles. The molecule has 6 heteroatoms. The molecule has 0 spiro atoms. The van der Waals surface area contributed by atoms with Crippen LogP contribution in [0.2, 0.25) is 5.02 Å². The summed E-state index contributed by atoms with van der Waals surface area (Å²) in [4.78, 5) is 13.5. The fraction of sp³-hybridized carbons (Fsp3) is 0.185. The molecule has 0 unspecified atom stereocenters. The summed E-state index contributed by atoms with van der Waals surface area (Å²) in [6.45, 7) is 0. The molecule has 5 rings (SSSR count). The maximum Gasteiger partial charge on any atom is 0.274 e. The third-order valence-electron chi connectivity index (χ3n) is 6.20. The van der Waals surface area contributed by atoms with E-state index in [2.05, 4.69) is 0 Å². The summed E-state index contributed by atoms with van der Waals surface area (Å²) in [5.74, 6) is -0.883. The monoisotopic (exact) mass is 462 g/mol. The molecule has 3 nitrogen and oxygen atoms in total. The van der Waals surface area contributed by atoms with Gasteiger partial charge in [0.15, 0.2) is 0 Å². The van der Waals surface area contributed by atoms with E-state index < -0.39 is 0 Å². The molecule has 1 saturated carbocycles. The Hall–Kier alpha value is -3.31. The lowest BCUT2D eigenvalue weighted by Gasteiger charge is -2.29. The summed E-state index contributed by atoms with van der Waals surface area (Å²) in [5, 5.41) is 6.80. The number of nitrogens with zero attached hydrogens (tertiary/aromatic N) is 2. The van der Waals surface area contributed by atoms with Crippen LogP contribution in [0.3, 0.4) is 0 Å². The lowest BCUT2D eigenvalue weighted by atomic mass is 9.77. The standard InChI is InChI=1S/C27H21ClF2N2O/c28-21-5-1-4-20(16-21)27(33)32-26(18-9-13-23(30)14-10-18)24-6-2-3-19(25(24)31-32)15-17-7-11-22(29)12-8-17/h1,4-5,7-16,24,26H,2-3,6H2/b19-15+/t24-,26-/m1/s1. The Morgan fingerprint density at radius 2 is 1.70 bits per heavy atom. The van der Waals surface area contributed by atoms with Crippen molar-refractivity contribution in [1.29, 1.82) is 0 Å². The van der Waals surface area contributed by atoms with Crippen LogP contribution < -0.4 is 0 Å². The summed E-state index contributed by atoms with van der Waals surface area (Å²) in [6.07, 6.45) is 4.64. The second-order valence-electron chi connectivity index (χ2n) is 8.36. The largest absolute Gasteiger partial charge is 0.274 e. The van der Waals surface area contributed by atoms with Crippen molar-refractivity contribution in [2.45, 2.75) is 25.3 Å². The Morgan fingerprint density at radius 3 is 2.39 bits per heavy atom. The number of allylic oxidation sites excluding steroid dienone is 1. The molecule has 3 aromatic rings. The van der Waals surface area contributed by atoms with Crippen LogP contribution in [0.25, 0.3) is 6.08 Å². The van der Waals surface area contributed by atoms with Crippen molar-refractivity contribution in [2.75, 3.05) is 0 Å². The Bertz CT molecular complexity index is 1250. The summed E-state index contributed by atoms with van der Waals surface area (Å²) in [5.41, 5.74) is 4.05. The third kappa shape index (κ3) is 4.33.